The fourth-order valence-corrected chi connectivity index (χ4v) is 7.53. The van der Waals surface area contributed by atoms with E-state index in [1.807, 2.05) is 4.90 Å². The number of pyridine rings is 1. The third-order valence-corrected chi connectivity index (χ3v) is 9.88. The number of ether oxygens (including phenoxy) is 1. The van der Waals surface area contributed by atoms with Crippen molar-refractivity contribution in [2.45, 2.75) is 69.9 Å². The molecule has 7 rings (SSSR count). The maximum atomic E-state index is 16.6. The van der Waals surface area contributed by atoms with Crippen LogP contribution in [0.3, 0.4) is 0 Å². The molecule has 1 aliphatic carbocycles. The number of benzene rings is 1. The Bertz CT molecular complexity index is 1620. The minimum absolute atomic E-state index is 0.0726. The van der Waals surface area contributed by atoms with Crippen LogP contribution < -0.4 is 20.7 Å². The Morgan fingerprint density at radius 1 is 1.09 bits per heavy atom. The number of nitrogens with two attached hydrogens (primary N) is 1. The van der Waals surface area contributed by atoms with E-state index in [-0.39, 0.29) is 57.4 Å². The number of nitrogens with zero attached hydrogens (tertiary/aromatic N) is 5. The fraction of sp³-hybridized carbons (Fsp3) is 0.581. The van der Waals surface area contributed by atoms with Crippen LogP contribution in [0.2, 0.25) is 5.02 Å². The first-order chi connectivity index (χ1) is 21.4. The molecule has 3 aromatic rings. The Kier molecular flexibility index (Phi) is 7.72. The molecule has 3 N–H and O–H groups in total. The van der Waals surface area contributed by atoms with Crippen molar-refractivity contribution in [2.24, 2.45) is 5.41 Å². The monoisotopic (exact) mass is 651 g/mol. The van der Waals surface area contributed by atoms with E-state index >= 15 is 4.39 Å². The number of alkyl halides is 4. The van der Waals surface area contributed by atoms with Crippen molar-refractivity contribution in [1.82, 2.24) is 25.2 Å². The van der Waals surface area contributed by atoms with Gasteiger partial charge in [0, 0.05) is 49.1 Å². The van der Waals surface area contributed by atoms with Gasteiger partial charge in [-0.2, -0.15) is 23.1 Å². The third-order valence-electron chi connectivity index (χ3n) is 9.59. The minimum atomic E-state index is -4.84. The van der Waals surface area contributed by atoms with Gasteiger partial charge in [-0.15, -0.1) is 0 Å². The molecule has 3 atom stereocenters. The number of aryl methyl sites for hydroxylation is 1. The number of aromatic nitrogens is 3. The predicted molar refractivity (Wildman–Crippen MR) is 162 cm³/mol. The second-order valence-corrected chi connectivity index (χ2v) is 13.6. The molecule has 1 saturated carbocycles. The van der Waals surface area contributed by atoms with Crippen molar-refractivity contribution < 1.29 is 26.7 Å². The molecular formula is C31H35ClF5N7O. The van der Waals surface area contributed by atoms with Gasteiger partial charge in [0.2, 0.25) is 0 Å². The number of piperazine rings is 1. The molecular weight excluding hydrogens is 617 g/mol. The number of hydrogen-bond acceptors (Lipinski definition) is 8. The summed E-state index contributed by atoms with van der Waals surface area (Å²) in [4.78, 5) is 17.2. The Hall–Kier alpha value is -3.03. The molecule has 3 aliphatic heterocycles. The van der Waals surface area contributed by atoms with Gasteiger partial charge >= 0.3 is 12.2 Å². The largest absolute Gasteiger partial charge is 0.463 e. The van der Waals surface area contributed by atoms with E-state index in [0.29, 0.717) is 38.4 Å². The first-order valence-corrected chi connectivity index (χ1v) is 15.8. The molecule has 8 nitrogen and oxygen atoms in total. The van der Waals surface area contributed by atoms with E-state index < -0.39 is 35.0 Å². The molecule has 0 radical (unpaired) electrons. The van der Waals surface area contributed by atoms with Gasteiger partial charge in [-0.05, 0) is 69.7 Å². The van der Waals surface area contributed by atoms with Gasteiger partial charge in [0.25, 0.3) is 0 Å². The zero-order valence-electron chi connectivity index (χ0n) is 24.9. The normalized spacial score (nSPS) is 24.8. The highest BCUT2D eigenvalue weighted by molar-refractivity contribution is 6.34. The fourth-order valence-electron chi connectivity index (χ4n) is 7.25. The average Bonchev–Trinajstić information content (AvgIpc) is 3.64. The van der Waals surface area contributed by atoms with Crippen molar-refractivity contribution in [3.8, 4) is 17.3 Å². The summed E-state index contributed by atoms with van der Waals surface area (Å²) in [5, 5.41) is 3.57. The third kappa shape index (κ3) is 5.98. The zero-order chi connectivity index (χ0) is 31.7. The Labute approximate surface area is 262 Å². The first kappa shape index (κ1) is 30.6. The molecule has 2 bridgehead atoms. The molecule has 1 aromatic carbocycles. The Morgan fingerprint density at radius 3 is 2.49 bits per heavy atom. The van der Waals surface area contributed by atoms with Gasteiger partial charge in [-0.25, -0.2) is 13.8 Å². The molecule has 14 heteroatoms. The number of fused-ring (bicyclic) bond motifs is 3. The number of nitrogen functional groups attached to an aromatic ring is 1. The van der Waals surface area contributed by atoms with Crippen molar-refractivity contribution in [3.05, 3.63) is 34.1 Å². The van der Waals surface area contributed by atoms with Crippen LogP contribution in [-0.2, 0) is 6.18 Å². The summed E-state index contributed by atoms with van der Waals surface area (Å²) < 4.78 is 79.5. The van der Waals surface area contributed by atoms with Crippen LogP contribution in [0.4, 0.5) is 33.6 Å². The Balaban J connectivity index is 1.30. The van der Waals surface area contributed by atoms with E-state index in [0.717, 1.165) is 44.7 Å². The molecule has 45 heavy (non-hydrogen) atoms. The number of halogens is 6. The van der Waals surface area contributed by atoms with Crippen LogP contribution in [-0.4, -0.2) is 77.4 Å². The molecule has 4 fully saturated rings. The van der Waals surface area contributed by atoms with E-state index in [9.17, 15) is 17.6 Å². The topological polar surface area (TPSA) is 92.4 Å². The summed E-state index contributed by atoms with van der Waals surface area (Å²) in [5.74, 6) is -0.845. The maximum absolute atomic E-state index is 16.6. The molecule has 4 aliphatic rings. The quantitative estimate of drug-likeness (QED) is 0.304. The minimum Gasteiger partial charge on any atom is -0.463 e. The maximum Gasteiger partial charge on any atom is 0.418 e. The molecule has 242 valence electrons. The summed E-state index contributed by atoms with van der Waals surface area (Å²) in [6.45, 7) is 4.64. The van der Waals surface area contributed by atoms with Crippen molar-refractivity contribution in [2.75, 3.05) is 50.0 Å². The van der Waals surface area contributed by atoms with Crippen molar-refractivity contribution in [1.29, 1.82) is 0 Å². The second-order valence-electron chi connectivity index (χ2n) is 13.2. The molecule has 2 aromatic heterocycles. The zero-order valence-corrected chi connectivity index (χ0v) is 25.6. The van der Waals surface area contributed by atoms with Gasteiger partial charge in [-0.1, -0.05) is 11.6 Å². The lowest BCUT2D eigenvalue weighted by atomic mass is 9.99. The van der Waals surface area contributed by atoms with Gasteiger partial charge in [0.05, 0.1) is 28.5 Å². The molecule has 5 heterocycles. The molecule has 0 amide bonds. The van der Waals surface area contributed by atoms with Gasteiger partial charge < -0.3 is 20.7 Å². The number of likely N-dealkylation sites (tertiary alicyclic amines) is 1. The van der Waals surface area contributed by atoms with Gasteiger partial charge in [-0.3, -0.25) is 4.90 Å². The summed E-state index contributed by atoms with van der Waals surface area (Å²) >= 11 is 6.59. The van der Waals surface area contributed by atoms with Crippen LogP contribution in [0.15, 0.2) is 12.1 Å². The highest BCUT2D eigenvalue weighted by Gasteiger charge is 2.46. The highest BCUT2D eigenvalue weighted by Crippen LogP contribution is 2.48. The lowest BCUT2D eigenvalue weighted by Crippen LogP contribution is -2.51. The summed E-state index contributed by atoms with van der Waals surface area (Å²) in [6.07, 6.45) is -0.508. The van der Waals surface area contributed by atoms with Crippen LogP contribution in [0.5, 0.6) is 6.01 Å². The molecule has 3 saturated heterocycles. The van der Waals surface area contributed by atoms with Crippen LogP contribution in [0, 0.1) is 18.2 Å². The summed E-state index contributed by atoms with van der Waals surface area (Å²) in [5.41, 5.74) is 2.89. The second kappa shape index (κ2) is 11.3. The number of rotatable bonds is 7. The van der Waals surface area contributed by atoms with Crippen molar-refractivity contribution >= 4 is 34.1 Å². The number of nitrogens with one attached hydrogen (secondary N) is 1. The van der Waals surface area contributed by atoms with Crippen LogP contribution in [0.1, 0.15) is 49.7 Å². The van der Waals surface area contributed by atoms with Gasteiger partial charge in [0.1, 0.15) is 23.3 Å². The standard InChI is InChI=1S/C31H35ClF5N7O/c1-16-9-22(38)40-27(24(16)31(35,36)37)23-21(32)10-20-26(25(23)34)41-29(42-28(20)44-12-18-4-5-19(13-44)39-18)45-15-30(6-7-30)14-43-8-2-3-17(33)11-43/h9-10,17-19,39H,2-8,11-15H2,1H3,(H2,38,40). The summed E-state index contributed by atoms with van der Waals surface area (Å²) in [6, 6.07) is 2.88. The first-order valence-electron chi connectivity index (χ1n) is 15.4. The van der Waals surface area contributed by atoms with E-state index in [1.54, 1.807) is 0 Å². The lowest BCUT2D eigenvalue weighted by Gasteiger charge is -2.34. The predicted octanol–water partition coefficient (Wildman–Crippen LogP) is 5.93. The Morgan fingerprint density at radius 2 is 1.82 bits per heavy atom. The van der Waals surface area contributed by atoms with E-state index in [2.05, 4.69) is 20.2 Å². The molecule has 0 spiro atoms. The number of hydrogen-bond donors (Lipinski definition) is 2. The van der Waals surface area contributed by atoms with Gasteiger partial charge in [0.15, 0.2) is 5.82 Å². The lowest BCUT2D eigenvalue weighted by molar-refractivity contribution is -0.137. The highest BCUT2D eigenvalue weighted by atomic mass is 35.5. The van der Waals surface area contributed by atoms with E-state index in [4.69, 9.17) is 27.1 Å². The number of piperidine rings is 1. The summed E-state index contributed by atoms with van der Waals surface area (Å²) in [7, 11) is 0. The molecule has 3 unspecified atom stereocenters. The average molecular weight is 652 g/mol. The SMILES string of the molecule is Cc1cc(N)nc(-c2c(Cl)cc3c(N4CC5CCC(C4)N5)nc(OCC4(CN5CCCC(F)C5)CC4)nc3c2F)c1C(F)(F)F. The van der Waals surface area contributed by atoms with E-state index in [1.165, 1.54) is 13.0 Å². The smallest absolute Gasteiger partial charge is 0.418 e. The van der Waals surface area contributed by atoms with Crippen LogP contribution in [0.25, 0.3) is 22.2 Å². The number of anilines is 2. The van der Waals surface area contributed by atoms with Crippen molar-refractivity contribution in [3.63, 3.8) is 0 Å². The van der Waals surface area contributed by atoms with Crippen LogP contribution >= 0.6 is 11.6 Å².